The first-order valence-electron chi connectivity index (χ1n) is 10.2. The number of likely N-dealkylation sites (tertiary alicyclic amines) is 1. The number of piperidine rings is 1. The van der Waals surface area contributed by atoms with Gasteiger partial charge in [0.05, 0.1) is 4.90 Å². The van der Waals surface area contributed by atoms with E-state index in [1.54, 1.807) is 17.0 Å². The number of carbonyl (C=O) groups is 1. The third-order valence-corrected chi connectivity index (χ3v) is 6.09. The zero-order valence-electron chi connectivity index (χ0n) is 18.4. The summed E-state index contributed by atoms with van der Waals surface area (Å²) in [7, 11) is -3.23. The van der Waals surface area contributed by atoms with Crippen LogP contribution in [0.2, 0.25) is 0 Å². The van der Waals surface area contributed by atoms with Gasteiger partial charge in [0.25, 0.3) is 0 Å². The number of sulfone groups is 1. The molecule has 0 aliphatic carbocycles. The largest absolute Gasteiger partial charge is 0.486 e. The van der Waals surface area contributed by atoms with Crippen molar-refractivity contribution < 1.29 is 22.7 Å². The number of ether oxygens (including phenoxy) is 2. The van der Waals surface area contributed by atoms with E-state index in [2.05, 4.69) is 9.97 Å². The minimum atomic E-state index is -3.23. The molecule has 1 aliphatic heterocycles. The molecule has 168 valence electrons. The molecule has 8 nitrogen and oxygen atoms in total. The Morgan fingerprint density at radius 2 is 1.68 bits per heavy atom. The molecule has 2 aromatic rings. The van der Waals surface area contributed by atoms with E-state index in [-0.39, 0.29) is 17.6 Å². The second-order valence-corrected chi connectivity index (χ2v) is 10.7. The number of hydrogen-bond donors (Lipinski definition) is 0. The van der Waals surface area contributed by atoms with Gasteiger partial charge in [-0.05, 0) is 69.4 Å². The van der Waals surface area contributed by atoms with Crippen molar-refractivity contribution in [1.82, 2.24) is 14.9 Å². The van der Waals surface area contributed by atoms with E-state index in [0.717, 1.165) is 18.4 Å². The van der Waals surface area contributed by atoms with Crippen LogP contribution in [0.3, 0.4) is 0 Å². The van der Waals surface area contributed by atoms with Crippen LogP contribution < -0.4 is 4.74 Å². The quantitative estimate of drug-likeness (QED) is 0.691. The number of carbonyl (C=O) groups excluding carboxylic acids is 1. The molecule has 3 rings (SSSR count). The van der Waals surface area contributed by atoms with E-state index in [4.69, 9.17) is 9.47 Å². The van der Waals surface area contributed by atoms with Crippen molar-refractivity contribution in [1.29, 1.82) is 0 Å². The highest BCUT2D eigenvalue weighted by atomic mass is 32.2. The lowest BCUT2D eigenvalue weighted by Crippen LogP contribution is -2.41. The number of nitrogens with zero attached hydrogens (tertiary/aromatic N) is 3. The zero-order valence-corrected chi connectivity index (χ0v) is 19.2. The van der Waals surface area contributed by atoms with Gasteiger partial charge >= 0.3 is 6.09 Å². The monoisotopic (exact) mass is 447 g/mol. The molecular weight excluding hydrogens is 418 g/mol. The summed E-state index contributed by atoms with van der Waals surface area (Å²) in [4.78, 5) is 23.0. The number of amides is 1. The number of rotatable bonds is 5. The van der Waals surface area contributed by atoms with Crippen molar-refractivity contribution in [2.45, 2.75) is 56.6 Å². The molecule has 2 heterocycles. The van der Waals surface area contributed by atoms with Gasteiger partial charge < -0.3 is 14.4 Å². The van der Waals surface area contributed by atoms with Gasteiger partial charge in [-0.15, -0.1) is 0 Å². The summed E-state index contributed by atoms with van der Waals surface area (Å²) in [6.45, 7) is 7.08. The highest BCUT2D eigenvalue weighted by molar-refractivity contribution is 7.90. The van der Waals surface area contributed by atoms with Crippen molar-refractivity contribution in [2.75, 3.05) is 19.3 Å². The first-order valence-corrected chi connectivity index (χ1v) is 12.1. The summed E-state index contributed by atoms with van der Waals surface area (Å²) in [6, 6.07) is 6.25. The van der Waals surface area contributed by atoms with Crippen molar-refractivity contribution >= 4 is 15.9 Å². The van der Waals surface area contributed by atoms with E-state index in [1.165, 1.54) is 18.4 Å². The summed E-state index contributed by atoms with van der Waals surface area (Å²) >= 11 is 0. The molecule has 9 heteroatoms. The van der Waals surface area contributed by atoms with Crippen LogP contribution in [-0.2, 0) is 21.2 Å². The Bertz CT molecular complexity index is 991. The lowest BCUT2D eigenvalue weighted by atomic mass is 9.91. The fraction of sp³-hybridized carbons (Fsp3) is 0.500. The Morgan fingerprint density at radius 3 is 2.19 bits per heavy atom. The van der Waals surface area contributed by atoms with Crippen molar-refractivity contribution in [2.24, 2.45) is 0 Å². The second kappa shape index (κ2) is 9.21. The van der Waals surface area contributed by atoms with Crippen LogP contribution in [-0.4, -0.2) is 54.3 Å². The average molecular weight is 448 g/mol. The molecule has 1 aromatic heterocycles. The van der Waals surface area contributed by atoms with Gasteiger partial charge in [0.2, 0.25) is 0 Å². The number of hydrogen-bond acceptors (Lipinski definition) is 7. The van der Waals surface area contributed by atoms with E-state index < -0.39 is 15.4 Å². The lowest BCUT2D eigenvalue weighted by molar-refractivity contribution is 0.0204. The van der Waals surface area contributed by atoms with Crippen LogP contribution in [0, 0.1) is 0 Å². The van der Waals surface area contributed by atoms with Crippen molar-refractivity contribution in [3.8, 4) is 5.75 Å². The van der Waals surface area contributed by atoms with Gasteiger partial charge in [-0.25, -0.2) is 23.2 Å². The van der Waals surface area contributed by atoms with Crippen LogP contribution in [0.5, 0.6) is 5.75 Å². The van der Waals surface area contributed by atoms with E-state index >= 15 is 0 Å². The van der Waals surface area contributed by atoms with Gasteiger partial charge in [-0.3, -0.25) is 0 Å². The van der Waals surface area contributed by atoms with Crippen LogP contribution in [0.25, 0.3) is 0 Å². The van der Waals surface area contributed by atoms with Gasteiger partial charge in [-0.2, -0.15) is 0 Å². The van der Waals surface area contributed by atoms with Crippen LogP contribution in [0.1, 0.15) is 50.9 Å². The molecule has 1 aliphatic rings. The minimum absolute atomic E-state index is 0.190. The Morgan fingerprint density at radius 1 is 1.10 bits per heavy atom. The SMILES string of the molecule is CC(C)(C)OC(=O)N1CCC(c2cnc(COc3ccc(S(C)(=O)=O)cc3)nc2)CC1. The van der Waals surface area contributed by atoms with Crippen LogP contribution >= 0.6 is 0 Å². The molecule has 0 atom stereocenters. The van der Waals surface area contributed by atoms with Crippen molar-refractivity contribution in [3.63, 3.8) is 0 Å². The number of aromatic nitrogens is 2. The minimum Gasteiger partial charge on any atom is -0.486 e. The van der Waals surface area contributed by atoms with Gasteiger partial charge in [0.15, 0.2) is 15.7 Å². The maximum Gasteiger partial charge on any atom is 0.410 e. The average Bonchev–Trinajstić information content (AvgIpc) is 2.71. The Labute approximate surface area is 183 Å². The Balaban J connectivity index is 1.50. The summed E-state index contributed by atoms with van der Waals surface area (Å²) < 4.78 is 34.1. The van der Waals surface area contributed by atoms with Gasteiger partial charge in [0.1, 0.15) is 18.0 Å². The highest BCUT2D eigenvalue weighted by Crippen LogP contribution is 2.28. The predicted molar refractivity (Wildman–Crippen MR) is 116 cm³/mol. The van der Waals surface area contributed by atoms with E-state index in [9.17, 15) is 13.2 Å². The smallest absolute Gasteiger partial charge is 0.410 e. The standard InChI is InChI=1S/C22H29N3O5S/c1-22(2,3)30-21(26)25-11-9-16(10-12-25)17-13-23-20(24-14-17)15-29-18-5-7-19(8-6-18)31(4,27)28/h5-8,13-14,16H,9-12,15H2,1-4H3. The Hall–Kier alpha value is -2.68. The first kappa shape index (κ1) is 23.0. The fourth-order valence-corrected chi connectivity index (χ4v) is 3.93. The normalized spacial score (nSPS) is 15.5. The predicted octanol–water partition coefficient (Wildman–Crippen LogP) is 3.57. The van der Waals surface area contributed by atoms with Crippen LogP contribution in [0.15, 0.2) is 41.6 Å². The third kappa shape index (κ3) is 6.65. The summed E-state index contributed by atoms with van der Waals surface area (Å²) in [5, 5.41) is 0. The second-order valence-electron chi connectivity index (χ2n) is 8.71. The highest BCUT2D eigenvalue weighted by Gasteiger charge is 2.27. The molecule has 1 saturated heterocycles. The van der Waals surface area contributed by atoms with E-state index in [1.807, 2.05) is 33.2 Å². The topological polar surface area (TPSA) is 98.7 Å². The first-order chi connectivity index (χ1) is 14.5. The molecule has 31 heavy (non-hydrogen) atoms. The number of benzene rings is 1. The summed E-state index contributed by atoms with van der Waals surface area (Å²) in [5.41, 5.74) is 0.556. The van der Waals surface area contributed by atoms with Crippen LogP contribution in [0.4, 0.5) is 4.79 Å². The summed E-state index contributed by atoms with van der Waals surface area (Å²) in [6.07, 6.45) is 6.20. The van der Waals surface area contributed by atoms with Gasteiger partial charge in [-0.1, -0.05) is 0 Å². The molecule has 0 spiro atoms. The Kier molecular flexibility index (Phi) is 6.83. The van der Waals surface area contributed by atoms with Gasteiger partial charge in [0, 0.05) is 31.7 Å². The van der Waals surface area contributed by atoms with Crippen molar-refractivity contribution in [3.05, 3.63) is 48.0 Å². The molecule has 0 saturated carbocycles. The zero-order chi connectivity index (χ0) is 22.6. The molecule has 1 amide bonds. The maximum absolute atomic E-state index is 12.2. The molecule has 1 aromatic carbocycles. The molecule has 0 bridgehead atoms. The third-order valence-electron chi connectivity index (χ3n) is 4.96. The molecule has 0 unspecified atom stereocenters. The van der Waals surface area contributed by atoms with E-state index in [0.29, 0.717) is 30.6 Å². The lowest BCUT2D eigenvalue weighted by Gasteiger charge is -2.33. The fourth-order valence-electron chi connectivity index (χ4n) is 3.30. The molecule has 1 fully saturated rings. The molecular formula is C22H29N3O5S. The molecule has 0 radical (unpaired) electrons. The maximum atomic E-state index is 12.2. The molecule has 0 N–H and O–H groups in total. The summed E-state index contributed by atoms with van der Waals surface area (Å²) in [5.74, 6) is 1.40.